The van der Waals surface area contributed by atoms with Crippen LogP contribution in [0.15, 0.2) is 71.7 Å². The Morgan fingerprint density at radius 2 is 1.66 bits per heavy atom. The number of aliphatic imine (C=N–C) groups is 1. The molecule has 7 heteroatoms. The van der Waals surface area contributed by atoms with Gasteiger partial charge in [0.05, 0.1) is 13.1 Å². The molecule has 0 fully saturated rings. The molecule has 0 spiro atoms. The van der Waals surface area contributed by atoms with Crippen molar-refractivity contribution < 1.29 is 44.9 Å². The van der Waals surface area contributed by atoms with Crippen LogP contribution in [-0.4, -0.2) is 30.6 Å². The highest BCUT2D eigenvalue weighted by Crippen LogP contribution is 2.27. The van der Waals surface area contributed by atoms with Gasteiger partial charge in [0, 0.05) is 12.5 Å². The van der Waals surface area contributed by atoms with Gasteiger partial charge >= 0.3 is 0 Å². The summed E-state index contributed by atoms with van der Waals surface area (Å²) in [6.07, 6.45) is 2.56. The van der Waals surface area contributed by atoms with Crippen molar-refractivity contribution in [3.63, 3.8) is 0 Å². The summed E-state index contributed by atoms with van der Waals surface area (Å²) < 4.78 is 5.85. The molecule has 3 unspecified atom stereocenters. The lowest BCUT2D eigenvalue weighted by Crippen LogP contribution is -3.05. The Morgan fingerprint density at radius 3 is 2.37 bits per heavy atom. The van der Waals surface area contributed by atoms with E-state index in [1.807, 2.05) is 60.9 Å². The highest BCUT2D eigenvalue weighted by Gasteiger charge is 2.23. The molecule has 5 nitrogen and oxygen atoms in total. The van der Waals surface area contributed by atoms with Gasteiger partial charge in [0.1, 0.15) is 30.2 Å². The smallest absolute Gasteiger partial charge is 0.194 e. The number of rotatable bonds is 10. The molecule has 3 aromatic rings. The van der Waals surface area contributed by atoms with Crippen LogP contribution in [0, 0.1) is 13.8 Å². The van der Waals surface area contributed by atoms with Gasteiger partial charge in [-0.15, -0.1) is 0 Å². The van der Waals surface area contributed by atoms with Gasteiger partial charge in [-0.25, -0.2) is 0 Å². The predicted octanol–water partition coefficient (Wildman–Crippen LogP) is -2.84. The van der Waals surface area contributed by atoms with E-state index in [9.17, 15) is 5.11 Å². The first kappa shape index (κ1) is 28.8. The zero-order valence-corrected chi connectivity index (χ0v) is 22.1. The Morgan fingerprint density at radius 1 is 0.971 bits per heavy atom. The fourth-order valence-corrected chi connectivity index (χ4v) is 4.19. The average molecular weight is 517 g/mol. The summed E-state index contributed by atoms with van der Waals surface area (Å²) in [6.45, 7) is 8.89. The minimum atomic E-state index is -0.514. The zero-order valence-electron chi connectivity index (χ0n) is 20.5. The van der Waals surface area contributed by atoms with E-state index >= 15 is 0 Å². The summed E-state index contributed by atoms with van der Waals surface area (Å²) in [6, 6.07) is 22.4. The van der Waals surface area contributed by atoms with Crippen molar-refractivity contribution in [3.8, 4) is 5.75 Å². The first-order valence-electron chi connectivity index (χ1n) is 11.8. The van der Waals surface area contributed by atoms with Crippen LogP contribution < -0.4 is 39.8 Å². The van der Waals surface area contributed by atoms with Crippen molar-refractivity contribution in [2.45, 2.75) is 45.9 Å². The largest absolute Gasteiger partial charge is 1.00 e. The molecule has 188 valence electrons. The van der Waals surface area contributed by atoms with Gasteiger partial charge in [0.15, 0.2) is 12.0 Å². The average Bonchev–Trinajstić information content (AvgIpc) is 3.22. The number of aryl methyl sites for hydroxylation is 2. The fourth-order valence-electron chi connectivity index (χ4n) is 4.19. The van der Waals surface area contributed by atoms with Gasteiger partial charge < -0.3 is 40.0 Å². The molecule has 1 aliphatic rings. The number of aliphatic hydroxyl groups is 1. The molecular formula is C28H35Cl2N3O2. The Labute approximate surface area is 221 Å². The minimum Gasteiger partial charge on any atom is -1.00 e. The SMILES string of the molecule is Cc1cc2c(cc1C)[NH+](CCC[NH2+]C(C)C(O)c1ccc(OCc3ccccc3)cc1)C=N2.[Cl-].[Cl-]. The summed E-state index contributed by atoms with van der Waals surface area (Å²) in [5, 5.41) is 13.0. The number of halogens is 2. The molecule has 0 bridgehead atoms. The lowest BCUT2D eigenvalue weighted by Gasteiger charge is -2.18. The van der Waals surface area contributed by atoms with Crippen LogP contribution in [0.4, 0.5) is 11.4 Å². The van der Waals surface area contributed by atoms with Gasteiger partial charge in [0.25, 0.3) is 0 Å². The van der Waals surface area contributed by atoms with E-state index in [0.29, 0.717) is 6.61 Å². The third-order valence-electron chi connectivity index (χ3n) is 6.47. The zero-order chi connectivity index (χ0) is 23.2. The second kappa shape index (κ2) is 13.6. The maximum atomic E-state index is 10.8. The molecule has 3 aromatic carbocycles. The number of nitrogens with zero attached hydrogens (tertiary/aromatic N) is 1. The van der Waals surface area contributed by atoms with Crippen LogP contribution in [0.2, 0.25) is 0 Å². The van der Waals surface area contributed by atoms with Gasteiger partial charge in [-0.05, 0) is 61.2 Å². The lowest BCUT2D eigenvalue weighted by molar-refractivity contribution is -0.734. The highest BCUT2D eigenvalue weighted by atomic mass is 35.5. The topological polar surface area (TPSA) is 62.9 Å². The van der Waals surface area contributed by atoms with Gasteiger partial charge in [-0.3, -0.25) is 4.90 Å². The summed E-state index contributed by atoms with van der Waals surface area (Å²) in [4.78, 5) is 5.90. The molecule has 0 aromatic heterocycles. The normalized spacial score (nSPS) is 15.5. The third kappa shape index (κ3) is 7.53. The third-order valence-corrected chi connectivity index (χ3v) is 6.47. The number of hydrogen-bond donors (Lipinski definition) is 3. The van der Waals surface area contributed by atoms with E-state index in [4.69, 9.17) is 4.74 Å². The molecule has 0 radical (unpaired) electrons. The predicted molar refractivity (Wildman–Crippen MR) is 133 cm³/mol. The van der Waals surface area contributed by atoms with E-state index in [0.717, 1.165) is 42.1 Å². The summed E-state index contributed by atoms with van der Waals surface area (Å²) >= 11 is 0. The summed E-state index contributed by atoms with van der Waals surface area (Å²) in [7, 11) is 0. The summed E-state index contributed by atoms with van der Waals surface area (Å²) in [5.41, 5.74) is 7.04. The van der Waals surface area contributed by atoms with Crippen LogP contribution in [0.25, 0.3) is 0 Å². The second-order valence-electron chi connectivity index (χ2n) is 9.01. The number of ether oxygens (including phenoxy) is 1. The highest BCUT2D eigenvalue weighted by molar-refractivity contribution is 5.73. The number of nitrogens with one attached hydrogen (secondary N) is 1. The standard InChI is InChI=1S/C28H33N3O2.2ClH/c1-20-16-26-27(17-21(20)2)31(19-30-26)15-7-14-29-22(3)28(32)24-10-12-25(13-11-24)33-18-23-8-5-4-6-9-23;;/h4-6,8-13,16-17,19,22,28-29,32H,7,14-15,18H2,1-3H3;2*1H. The van der Waals surface area contributed by atoms with Gasteiger partial charge in [-0.2, -0.15) is 4.99 Å². The van der Waals surface area contributed by atoms with E-state index in [2.05, 4.69) is 43.2 Å². The summed E-state index contributed by atoms with van der Waals surface area (Å²) in [5.74, 6) is 0.812. The molecule has 1 aliphatic heterocycles. The van der Waals surface area contributed by atoms with Crippen molar-refractivity contribution in [1.82, 2.24) is 0 Å². The Hall–Kier alpha value is -2.41. The fraction of sp³-hybridized carbons (Fsp3) is 0.321. The molecule has 4 N–H and O–H groups in total. The molecule has 0 aliphatic carbocycles. The quantitative estimate of drug-likeness (QED) is 0.255. The Balaban J connectivity index is 0.00000216. The van der Waals surface area contributed by atoms with E-state index in [1.165, 1.54) is 21.7 Å². The molecule has 1 heterocycles. The molecular weight excluding hydrogens is 481 g/mol. The van der Waals surface area contributed by atoms with Crippen LogP contribution in [-0.2, 0) is 6.61 Å². The number of nitrogens with two attached hydrogens (primary N) is 1. The van der Waals surface area contributed by atoms with Gasteiger partial charge in [-0.1, -0.05) is 42.5 Å². The van der Waals surface area contributed by atoms with Crippen molar-refractivity contribution >= 4 is 17.7 Å². The molecule has 3 atom stereocenters. The van der Waals surface area contributed by atoms with Crippen molar-refractivity contribution in [3.05, 3.63) is 89.0 Å². The number of quaternary nitrogens is 2. The number of hydrogen-bond acceptors (Lipinski definition) is 3. The van der Waals surface area contributed by atoms with Crippen molar-refractivity contribution in [2.75, 3.05) is 13.1 Å². The van der Waals surface area contributed by atoms with Crippen molar-refractivity contribution in [2.24, 2.45) is 4.99 Å². The first-order chi connectivity index (χ1) is 16.0. The van der Waals surface area contributed by atoms with Crippen LogP contribution in [0.5, 0.6) is 5.75 Å². The maximum absolute atomic E-state index is 10.8. The minimum absolute atomic E-state index is 0. The van der Waals surface area contributed by atoms with Crippen LogP contribution in [0.3, 0.4) is 0 Å². The van der Waals surface area contributed by atoms with Crippen LogP contribution in [0.1, 0.15) is 41.7 Å². The molecule has 0 saturated heterocycles. The number of benzene rings is 3. The number of aliphatic hydroxyl groups excluding tert-OH is 1. The molecule has 4 rings (SSSR count). The van der Waals surface area contributed by atoms with E-state index in [1.54, 1.807) is 0 Å². The monoisotopic (exact) mass is 515 g/mol. The molecule has 35 heavy (non-hydrogen) atoms. The van der Waals surface area contributed by atoms with Gasteiger partial charge in [0.2, 0.25) is 0 Å². The second-order valence-corrected chi connectivity index (χ2v) is 9.01. The Kier molecular flexibility index (Phi) is 11.2. The Bertz CT molecular complexity index is 1090. The van der Waals surface area contributed by atoms with Crippen molar-refractivity contribution in [1.29, 1.82) is 0 Å². The maximum Gasteiger partial charge on any atom is 0.194 e. The van der Waals surface area contributed by atoms with Crippen LogP contribution >= 0.6 is 0 Å². The molecule has 0 amide bonds. The van der Waals surface area contributed by atoms with E-state index in [-0.39, 0.29) is 30.9 Å². The first-order valence-corrected chi connectivity index (χ1v) is 11.8. The lowest BCUT2D eigenvalue weighted by atomic mass is 10.0. The number of fused-ring (bicyclic) bond motifs is 1. The van der Waals surface area contributed by atoms with E-state index < -0.39 is 6.10 Å². The molecule has 0 saturated carbocycles.